The average Bonchev–Trinajstić information content (AvgIpc) is 2.91. The number of aromatic carboxylic acids is 1. The van der Waals surface area contributed by atoms with Crippen molar-refractivity contribution in [3.63, 3.8) is 0 Å². The summed E-state index contributed by atoms with van der Waals surface area (Å²) in [6.45, 7) is 5.94. The van der Waals surface area contributed by atoms with Crippen LogP contribution >= 0.6 is 11.6 Å². The van der Waals surface area contributed by atoms with E-state index in [1.807, 2.05) is 24.3 Å². The molecule has 0 saturated heterocycles. The van der Waals surface area contributed by atoms with Crippen molar-refractivity contribution in [2.75, 3.05) is 0 Å². The number of hydrogen-bond acceptors (Lipinski definition) is 3. The van der Waals surface area contributed by atoms with Crippen molar-refractivity contribution in [1.29, 1.82) is 0 Å². The number of carbonyl (C=O) groups excluding carboxylic acids is 1. The van der Waals surface area contributed by atoms with E-state index in [0.717, 1.165) is 12.0 Å². The maximum atomic E-state index is 12.7. The standard InChI is InChI=1S/C20H17ClN2O3/c1-3-13-4-6-14(7-5-13)10-16-12(2)22-23(19(16)24)15-8-9-18(21)17(11-15)20(25)26/h4-11,22H,2-3H2,1H3,(H,25,26)/p-1/b16-10+. The molecule has 0 fully saturated rings. The predicted molar refractivity (Wildman–Crippen MR) is 99.9 cm³/mol. The van der Waals surface area contributed by atoms with Gasteiger partial charge in [0.15, 0.2) is 0 Å². The Morgan fingerprint density at radius 2 is 1.96 bits per heavy atom. The van der Waals surface area contributed by atoms with E-state index in [9.17, 15) is 14.7 Å². The third-order valence-electron chi connectivity index (χ3n) is 4.13. The van der Waals surface area contributed by atoms with Crippen LogP contribution in [-0.2, 0) is 6.42 Å². The van der Waals surface area contributed by atoms with Crippen LogP contribution in [0.3, 0.4) is 0 Å². The lowest BCUT2D eigenvalue weighted by Crippen LogP contribution is -2.34. The Morgan fingerprint density at radius 1 is 1.27 bits per heavy atom. The van der Waals surface area contributed by atoms with Gasteiger partial charge in [0.05, 0.1) is 22.2 Å². The third-order valence-corrected chi connectivity index (χ3v) is 4.46. The lowest BCUT2D eigenvalue weighted by atomic mass is 10.1. The molecule has 1 N–H and O–H groups in total. The van der Waals surface area contributed by atoms with Crippen LogP contribution in [0.4, 0.5) is 0 Å². The number of carboxylic acid groups (broad SMARTS) is 1. The SMILES string of the molecule is C=c1[nH]n(-c2ccc(Cl)c(C(=O)[O-])c2)c(=O)/c1=C/c1ccc(CC)cc1. The molecule has 0 aliphatic heterocycles. The molecule has 0 spiro atoms. The molecule has 3 rings (SSSR count). The minimum atomic E-state index is -1.41. The molecule has 1 aromatic heterocycles. The molecule has 0 saturated carbocycles. The van der Waals surface area contributed by atoms with Crippen LogP contribution in [0.2, 0.25) is 5.02 Å². The predicted octanol–water partition coefficient (Wildman–Crippen LogP) is 0.984. The number of aromatic nitrogens is 2. The fourth-order valence-corrected chi connectivity index (χ4v) is 2.85. The second-order valence-corrected chi connectivity index (χ2v) is 6.24. The van der Waals surface area contributed by atoms with Gasteiger partial charge in [-0.25, -0.2) is 4.68 Å². The van der Waals surface area contributed by atoms with Crippen LogP contribution in [0.25, 0.3) is 18.3 Å². The molecule has 0 aliphatic rings. The van der Waals surface area contributed by atoms with Gasteiger partial charge in [0.1, 0.15) is 0 Å². The Bertz CT molecular complexity index is 1140. The molecule has 132 valence electrons. The van der Waals surface area contributed by atoms with Crippen LogP contribution in [0.5, 0.6) is 0 Å². The number of carboxylic acids is 1. The van der Waals surface area contributed by atoms with Crippen LogP contribution in [0.15, 0.2) is 47.3 Å². The quantitative estimate of drug-likeness (QED) is 0.746. The molecule has 1 heterocycles. The van der Waals surface area contributed by atoms with Gasteiger partial charge in [-0.15, -0.1) is 0 Å². The van der Waals surface area contributed by atoms with Gasteiger partial charge >= 0.3 is 0 Å². The van der Waals surface area contributed by atoms with Gasteiger partial charge < -0.3 is 9.90 Å². The molecular weight excluding hydrogens is 352 g/mol. The van der Waals surface area contributed by atoms with Crippen LogP contribution in [0.1, 0.15) is 28.4 Å². The zero-order valence-electron chi connectivity index (χ0n) is 14.1. The smallest absolute Gasteiger partial charge is 0.279 e. The zero-order valence-corrected chi connectivity index (χ0v) is 14.8. The van der Waals surface area contributed by atoms with Gasteiger partial charge in [-0.2, -0.15) is 0 Å². The maximum Gasteiger partial charge on any atom is 0.279 e. The third kappa shape index (κ3) is 3.34. The number of halogens is 1. The summed E-state index contributed by atoms with van der Waals surface area (Å²) in [6, 6.07) is 12.1. The highest BCUT2D eigenvalue weighted by Crippen LogP contribution is 2.18. The number of rotatable bonds is 4. The molecule has 0 radical (unpaired) electrons. The first-order valence-electron chi connectivity index (χ1n) is 8.02. The van der Waals surface area contributed by atoms with E-state index >= 15 is 0 Å². The van der Waals surface area contributed by atoms with E-state index < -0.39 is 5.97 Å². The zero-order chi connectivity index (χ0) is 18.8. The summed E-state index contributed by atoms with van der Waals surface area (Å²) in [4.78, 5) is 23.9. The van der Waals surface area contributed by atoms with Crippen molar-refractivity contribution in [3.05, 3.63) is 85.1 Å². The molecule has 5 nitrogen and oxygen atoms in total. The average molecular weight is 368 g/mol. The maximum absolute atomic E-state index is 12.7. The number of aromatic amines is 1. The Morgan fingerprint density at radius 3 is 2.58 bits per heavy atom. The Labute approximate surface area is 154 Å². The summed E-state index contributed by atoms with van der Waals surface area (Å²) in [5, 5.41) is 14.9. The Hall–Kier alpha value is -3.05. The summed E-state index contributed by atoms with van der Waals surface area (Å²) in [7, 11) is 0. The van der Waals surface area contributed by atoms with Gasteiger partial charge in [0, 0.05) is 10.6 Å². The van der Waals surface area contributed by atoms with Crippen molar-refractivity contribution in [3.8, 4) is 5.69 Å². The molecule has 0 atom stereocenters. The number of carbonyl (C=O) groups is 1. The van der Waals surface area contributed by atoms with E-state index in [-0.39, 0.29) is 16.1 Å². The fraction of sp³-hybridized carbons (Fsp3) is 0.100. The second-order valence-electron chi connectivity index (χ2n) is 5.84. The molecule has 0 unspecified atom stereocenters. The number of hydrogen-bond donors (Lipinski definition) is 1. The molecular formula is C20H16ClN2O3-. The first kappa shape index (κ1) is 17.8. The summed E-state index contributed by atoms with van der Waals surface area (Å²) in [6.07, 6.45) is 2.68. The minimum absolute atomic E-state index is 0.0472. The summed E-state index contributed by atoms with van der Waals surface area (Å²) in [5.74, 6) is -1.41. The fourth-order valence-electron chi connectivity index (χ4n) is 2.65. The molecule has 26 heavy (non-hydrogen) atoms. The molecule has 6 heteroatoms. The van der Waals surface area contributed by atoms with Gasteiger partial charge in [-0.3, -0.25) is 9.89 Å². The van der Waals surface area contributed by atoms with Crippen molar-refractivity contribution in [2.24, 2.45) is 0 Å². The summed E-state index contributed by atoms with van der Waals surface area (Å²) >= 11 is 5.85. The van der Waals surface area contributed by atoms with Gasteiger partial charge in [0.2, 0.25) is 0 Å². The van der Waals surface area contributed by atoms with E-state index in [4.69, 9.17) is 11.6 Å². The normalized spacial score (nSPS) is 11.7. The van der Waals surface area contributed by atoms with E-state index in [2.05, 4.69) is 18.6 Å². The first-order chi connectivity index (χ1) is 12.4. The Balaban J connectivity index is 2.13. The first-order valence-corrected chi connectivity index (χ1v) is 8.40. The van der Waals surface area contributed by atoms with E-state index in [0.29, 0.717) is 16.3 Å². The van der Waals surface area contributed by atoms with Crippen LogP contribution in [-0.4, -0.2) is 15.7 Å². The van der Waals surface area contributed by atoms with Gasteiger partial charge in [0.25, 0.3) is 5.56 Å². The molecule has 0 bridgehead atoms. The van der Waals surface area contributed by atoms with Crippen LogP contribution in [0, 0.1) is 0 Å². The molecule has 2 aromatic carbocycles. The highest BCUT2D eigenvalue weighted by molar-refractivity contribution is 6.33. The van der Waals surface area contributed by atoms with Crippen molar-refractivity contribution in [2.45, 2.75) is 13.3 Å². The number of nitrogens with one attached hydrogen (secondary N) is 1. The Kier molecular flexibility index (Phi) is 4.82. The minimum Gasteiger partial charge on any atom is -0.545 e. The number of H-pyrrole nitrogens is 1. The van der Waals surface area contributed by atoms with Crippen molar-refractivity contribution >= 4 is 30.2 Å². The number of nitrogens with zero attached hydrogens (tertiary/aromatic N) is 1. The topological polar surface area (TPSA) is 77.9 Å². The number of aryl methyl sites for hydroxylation is 1. The number of benzene rings is 2. The molecule has 3 aromatic rings. The lowest BCUT2D eigenvalue weighted by molar-refractivity contribution is -0.255. The largest absolute Gasteiger partial charge is 0.545 e. The highest BCUT2D eigenvalue weighted by atomic mass is 35.5. The molecule has 0 amide bonds. The summed E-state index contributed by atoms with van der Waals surface area (Å²) in [5.41, 5.74) is 1.91. The monoisotopic (exact) mass is 367 g/mol. The summed E-state index contributed by atoms with van der Waals surface area (Å²) < 4.78 is 1.23. The molecule has 0 aliphatic carbocycles. The van der Waals surface area contributed by atoms with Gasteiger partial charge in [-0.05, 0) is 41.8 Å². The lowest BCUT2D eigenvalue weighted by Gasteiger charge is -2.08. The van der Waals surface area contributed by atoms with Crippen molar-refractivity contribution < 1.29 is 9.90 Å². The second kappa shape index (κ2) is 7.06. The van der Waals surface area contributed by atoms with Crippen LogP contribution < -0.4 is 21.2 Å². The van der Waals surface area contributed by atoms with Gasteiger partial charge in [-0.1, -0.05) is 49.4 Å². The van der Waals surface area contributed by atoms with E-state index in [1.54, 1.807) is 12.1 Å². The van der Waals surface area contributed by atoms with Crippen molar-refractivity contribution in [1.82, 2.24) is 9.78 Å². The van der Waals surface area contributed by atoms with E-state index in [1.165, 1.54) is 22.4 Å². The highest BCUT2D eigenvalue weighted by Gasteiger charge is 2.08.